The molecule has 1 aliphatic heterocycles. The molecule has 0 aliphatic carbocycles. The van der Waals surface area contributed by atoms with Gasteiger partial charge in [0.2, 0.25) is 5.91 Å². The molecule has 1 saturated heterocycles. The smallest absolute Gasteiger partial charge is 0.229 e. The average molecular weight is 310 g/mol. The number of carbonyl (C=O) groups is 1. The van der Waals surface area contributed by atoms with Crippen LogP contribution in [0.15, 0.2) is 24.3 Å². The maximum atomic E-state index is 11.9. The molecule has 1 unspecified atom stereocenters. The van der Waals surface area contributed by atoms with Gasteiger partial charge in [-0.3, -0.25) is 4.79 Å². The van der Waals surface area contributed by atoms with Gasteiger partial charge < -0.3 is 10.6 Å². The van der Waals surface area contributed by atoms with Crippen LogP contribution in [-0.4, -0.2) is 31.9 Å². The van der Waals surface area contributed by atoms with E-state index in [-0.39, 0.29) is 23.5 Å². The molecule has 1 aromatic carbocycles. The normalized spacial score (nSPS) is 21.0. The number of sulfone groups is 1. The van der Waals surface area contributed by atoms with Gasteiger partial charge in [0.25, 0.3) is 0 Å². The lowest BCUT2D eigenvalue weighted by Gasteiger charge is -2.18. The van der Waals surface area contributed by atoms with Crippen LogP contribution in [0.25, 0.3) is 0 Å². The number of hydrogen-bond donors (Lipinski definition) is 2. The molecule has 5 nitrogen and oxygen atoms in total. The van der Waals surface area contributed by atoms with Crippen molar-refractivity contribution in [2.75, 3.05) is 22.1 Å². The lowest BCUT2D eigenvalue weighted by atomic mass is 9.95. The molecule has 1 fully saturated rings. The predicted molar refractivity (Wildman–Crippen MR) is 85.2 cm³/mol. The van der Waals surface area contributed by atoms with Crippen molar-refractivity contribution in [3.8, 4) is 0 Å². The van der Waals surface area contributed by atoms with E-state index in [1.54, 1.807) is 0 Å². The third-order valence-electron chi connectivity index (χ3n) is 3.43. The molecule has 6 heteroatoms. The molecule has 0 aromatic heterocycles. The summed E-state index contributed by atoms with van der Waals surface area (Å²) in [7, 11) is -2.88. The minimum Gasteiger partial charge on any atom is -0.381 e. The number of carbonyl (C=O) groups excluding carboxylic acids is 1. The topological polar surface area (TPSA) is 75.3 Å². The first-order valence-corrected chi connectivity index (χ1v) is 8.86. The van der Waals surface area contributed by atoms with Crippen LogP contribution in [0.4, 0.5) is 11.4 Å². The number of anilines is 2. The first-order chi connectivity index (χ1) is 9.66. The summed E-state index contributed by atoms with van der Waals surface area (Å²) < 4.78 is 22.8. The highest BCUT2D eigenvalue weighted by Gasteiger charge is 2.27. The van der Waals surface area contributed by atoms with Crippen LogP contribution < -0.4 is 10.6 Å². The van der Waals surface area contributed by atoms with E-state index >= 15 is 0 Å². The Balaban J connectivity index is 1.95. The van der Waals surface area contributed by atoms with Crippen LogP contribution in [0.5, 0.6) is 0 Å². The third-order valence-corrected chi connectivity index (χ3v) is 5.20. The number of rotatable bonds is 3. The molecular formula is C15H22N2O3S. The summed E-state index contributed by atoms with van der Waals surface area (Å²) in [5, 5.41) is 6.07. The molecule has 1 heterocycles. The van der Waals surface area contributed by atoms with Crippen molar-refractivity contribution in [2.45, 2.75) is 33.2 Å². The Hall–Kier alpha value is -1.56. The van der Waals surface area contributed by atoms with Crippen LogP contribution in [0, 0.1) is 5.41 Å². The van der Waals surface area contributed by atoms with Gasteiger partial charge in [0.15, 0.2) is 9.84 Å². The van der Waals surface area contributed by atoms with E-state index in [4.69, 9.17) is 0 Å². The molecule has 116 valence electrons. The van der Waals surface area contributed by atoms with Gasteiger partial charge in [0.05, 0.1) is 11.5 Å². The van der Waals surface area contributed by atoms with Gasteiger partial charge in [-0.05, 0) is 30.7 Å². The number of amides is 1. The average Bonchev–Trinajstić information content (AvgIpc) is 2.70. The molecule has 0 bridgehead atoms. The Morgan fingerprint density at radius 3 is 2.19 bits per heavy atom. The highest BCUT2D eigenvalue weighted by atomic mass is 32.2. The Labute approximate surface area is 126 Å². The molecular weight excluding hydrogens is 288 g/mol. The van der Waals surface area contributed by atoms with E-state index < -0.39 is 15.3 Å². The maximum Gasteiger partial charge on any atom is 0.229 e. The molecule has 0 spiro atoms. The highest BCUT2D eigenvalue weighted by molar-refractivity contribution is 7.91. The van der Waals surface area contributed by atoms with Crippen LogP contribution in [0.2, 0.25) is 0 Å². The fourth-order valence-electron chi connectivity index (χ4n) is 2.11. The first kappa shape index (κ1) is 15.8. The Morgan fingerprint density at radius 1 is 1.14 bits per heavy atom. The van der Waals surface area contributed by atoms with Crippen LogP contribution >= 0.6 is 0 Å². The van der Waals surface area contributed by atoms with Crippen molar-refractivity contribution < 1.29 is 13.2 Å². The second-order valence-corrected chi connectivity index (χ2v) is 8.75. The van der Waals surface area contributed by atoms with E-state index in [2.05, 4.69) is 10.6 Å². The fourth-order valence-corrected chi connectivity index (χ4v) is 3.79. The van der Waals surface area contributed by atoms with Gasteiger partial charge in [0, 0.05) is 22.8 Å². The van der Waals surface area contributed by atoms with Crippen molar-refractivity contribution in [3.63, 3.8) is 0 Å². The number of nitrogens with one attached hydrogen (secondary N) is 2. The Kier molecular flexibility index (Phi) is 4.27. The van der Waals surface area contributed by atoms with Gasteiger partial charge in [-0.1, -0.05) is 20.8 Å². The number of benzene rings is 1. The molecule has 1 aliphatic rings. The van der Waals surface area contributed by atoms with Crippen molar-refractivity contribution in [1.29, 1.82) is 0 Å². The van der Waals surface area contributed by atoms with E-state index in [0.29, 0.717) is 6.42 Å². The van der Waals surface area contributed by atoms with Gasteiger partial charge in [-0.15, -0.1) is 0 Å². The fraction of sp³-hybridized carbons (Fsp3) is 0.533. The van der Waals surface area contributed by atoms with Crippen LogP contribution in [-0.2, 0) is 14.6 Å². The SMILES string of the molecule is CC(C)(C)C(=O)Nc1ccc(NC2CCS(=O)(=O)C2)cc1. The Bertz CT molecular complexity index is 615. The molecule has 1 aromatic rings. The molecule has 21 heavy (non-hydrogen) atoms. The van der Waals surface area contributed by atoms with Crippen molar-refractivity contribution in [3.05, 3.63) is 24.3 Å². The lowest BCUT2D eigenvalue weighted by molar-refractivity contribution is -0.123. The summed E-state index contributed by atoms with van der Waals surface area (Å²) >= 11 is 0. The summed E-state index contributed by atoms with van der Waals surface area (Å²) in [6, 6.07) is 7.31. The predicted octanol–water partition coefficient (Wildman–Crippen LogP) is 2.27. The van der Waals surface area contributed by atoms with Gasteiger partial charge in [-0.2, -0.15) is 0 Å². The Morgan fingerprint density at radius 2 is 1.71 bits per heavy atom. The van der Waals surface area contributed by atoms with Gasteiger partial charge in [0.1, 0.15) is 0 Å². The molecule has 0 saturated carbocycles. The number of hydrogen-bond acceptors (Lipinski definition) is 4. The largest absolute Gasteiger partial charge is 0.381 e. The van der Waals surface area contributed by atoms with E-state index in [0.717, 1.165) is 11.4 Å². The zero-order valence-electron chi connectivity index (χ0n) is 12.6. The zero-order valence-corrected chi connectivity index (χ0v) is 13.5. The van der Waals surface area contributed by atoms with Crippen molar-refractivity contribution >= 4 is 27.1 Å². The van der Waals surface area contributed by atoms with Crippen molar-refractivity contribution in [1.82, 2.24) is 0 Å². The van der Waals surface area contributed by atoms with Crippen LogP contribution in [0.3, 0.4) is 0 Å². The quantitative estimate of drug-likeness (QED) is 0.898. The second-order valence-electron chi connectivity index (χ2n) is 6.53. The minimum absolute atomic E-state index is 0.0231. The van der Waals surface area contributed by atoms with Crippen LogP contribution in [0.1, 0.15) is 27.2 Å². The summed E-state index contributed by atoms with van der Waals surface area (Å²) in [6.45, 7) is 5.58. The van der Waals surface area contributed by atoms with E-state index in [9.17, 15) is 13.2 Å². The zero-order chi connectivity index (χ0) is 15.7. The van der Waals surface area contributed by atoms with Gasteiger partial charge >= 0.3 is 0 Å². The highest BCUT2D eigenvalue weighted by Crippen LogP contribution is 2.21. The molecule has 0 radical (unpaired) electrons. The molecule has 1 amide bonds. The van der Waals surface area contributed by atoms with E-state index in [1.807, 2.05) is 45.0 Å². The summed E-state index contributed by atoms with van der Waals surface area (Å²) in [5.41, 5.74) is 1.17. The van der Waals surface area contributed by atoms with Crippen molar-refractivity contribution in [2.24, 2.45) is 5.41 Å². The minimum atomic E-state index is -2.88. The molecule has 2 N–H and O–H groups in total. The first-order valence-electron chi connectivity index (χ1n) is 7.04. The molecule has 1 atom stereocenters. The third kappa shape index (κ3) is 4.46. The lowest BCUT2D eigenvalue weighted by Crippen LogP contribution is -2.27. The maximum absolute atomic E-state index is 11.9. The van der Waals surface area contributed by atoms with E-state index in [1.165, 1.54) is 0 Å². The standard InChI is InChI=1S/C15H22N2O3S/c1-15(2,3)14(18)17-12-6-4-11(5-7-12)16-13-8-9-21(19,20)10-13/h4-7,13,16H,8-10H2,1-3H3,(H,17,18). The summed E-state index contributed by atoms with van der Waals surface area (Å²) in [4.78, 5) is 11.9. The van der Waals surface area contributed by atoms with Gasteiger partial charge in [-0.25, -0.2) is 8.42 Å². The summed E-state index contributed by atoms with van der Waals surface area (Å²) in [5.74, 6) is 0.407. The molecule has 2 rings (SSSR count). The second kappa shape index (κ2) is 5.67. The summed E-state index contributed by atoms with van der Waals surface area (Å²) in [6.07, 6.45) is 0.644. The monoisotopic (exact) mass is 310 g/mol.